The van der Waals surface area contributed by atoms with E-state index in [0.717, 1.165) is 31.7 Å². The summed E-state index contributed by atoms with van der Waals surface area (Å²) in [5, 5.41) is 4.23. The van der Waals surface area contributed by atoms with Crippen molar-refractivity contribution in [2.24, 2.45) is 7.05 Å². The third-order valence-electron chi connectivity index (χ3n) is 4.81. The molecule has 1 amide bonds. The molecule has 0 aromatic carbocycles. The molecule has 22 heavy (non-hydrogen) atoms. The van der Waals surface area contributed by atoms with E-state index in [0.29, 0.717) is 5.69 Å². The van der Waals surface area contributed by atoms with E-state index in [4.69, 9.17) is 0 Å². The first-order valence-electron chi connectivity index (χ1n) is 7.55. The molecule has 0 aliphatic carbocycles. The quantitative estimate of drug-likeness (QED) is 0.789. The molecule has 114 valence electrons. The third kappa shape index (κ3) is 1.83. The van der Waals surface area contributed by atoms with Crippen LogP contribution in [0.5, 0.6) is 0 Å². The average Bonchev–Trinajstić information content (AvgIpc) is 3.20. The zero-order valence-corrected chi connectivity index (χ0v) is 12.9. The molecule has 1 saturated heterocycles. The van der Waals surface area contributed by atoms with E-state index < -0.39 is 0 Å². The fourth-order valence-electron chi connectivity index (χ4n) is 3.79. The lowest BCUT2D eigenvalue weighted by molar-refractivity contribution is 0.0777. The summed E-state index contributed by atoms with van der Waals surface area (Å²) in [7, 11) is 3.92. The molecule has 2 aromatic rings. The lowest BCUT2D eigenvalue weighted by atomic mass is 9.85. The van der Waals surface area contributed by atoms with E-state index >= 15 is 0 Å². The van der Waals surface area contributed by atoms with Crippen molar-refractivity contribution in [3.8, 4) is 0 Å². The molecule has 1 fully saturated rings. The Bertz CT molecular complexity index is 740. The molecule has 1 atom stereocenters. The van der Waals surface area contributed by atoms with E-state index in [1.165, 1.54) is 5.69 Å². The molecule has 4 rings (SSSR count). The maximum atomic E-state index is 12.6. The number of aryl methyl sites for hydroxylation is 1. The van der Waals surface area contributed by atoms with E-state index in [1.54, 1.807) is 16.9 Å². The van der Waals surface area contributed by atoms with Gasteiger partial charge < -0.3 is 9.80 Å². The zero-order chi connectivity index (χ0) is 15.3. The minimum Gasteiger partial charge on any atom is -0.372 e. The second-order valence-corrected chi connectivity index (χ2v) is 6.36. The Hall–Kier alpha value is -2.37. The number of nitrogens with zero attached hydrogens (tertiary/aromatic N) is 5. The molecular formula is C16H19N5O. The van der Waals surface area contributed by atoms with Crippen LogP contribution in [0.2, 0.25) is 0 Å². The Kier molecular flexibility index (Phi) is 2.76. The maximum absolute atomic E-state index is 12.6. The third-order valence-corrected chi connectivity index (χ3v) is 4.81. The number of fused-ring (bicyclic) bond motifs is 2. The first-order valence-corrected chi connectivity index (χ1v) is 7.55. The summed E-state index contributed by atoms with van der Waals surface area (Å²) in [6, 6.07) is 5.86. The standard InChI is InChI=1S/C16H19N5O/c1-19-10-16(14-13(19)4-3-7-17-14)6-9-21(11-16)15(22)12-5-8-20(2)18-12/h3-5,7-8H,6,9-11H2,1-2H3. The molecule has 4 heterocycles. The van der Waals surface area contributed by atoms with Crippen LogP contribution in [-0.2, 0) is 12.5 Å². The summed E-state index contributed by atoms with van der Waals surface area (Å²) in [4.78, 5) is 21.4. The minimum atomic E-state index is -0.0320. The number of aromatic nitrogens is 3. The Morgan fingerprint density at radius 2 is 2.14 bits per heavy atom. The number of carbonyl (C=O) groups excluding carboxylic acids is 1. The molecule has 2 aliphatic heterocycles. The van der Waals surface area contributed by atoms with Gasteiger partial charge in [0.25, 0.3) is 5.91 Å². The van der Waals surface area contributed by atoms with Gasteiger partial charge in [0.1, 0.15) is 5.69 Å². The predicted octanol–water partition coefficient (Wildman–Crippen LogP) is 1.05. The Morgan fingerprint density at radius 3 is 2.91 bits per heavy atom. The van der Waals surface area contributed by atoms with Crippen molar-refractivity contribution in [2.75, 3.05) is 31.6 Å². The van der Waals surface area contributed by atoms with Crippen molar-refractivity contribution in [3.63, 3.8) is 0 Å². The Morgan fingerprint density at radius 1 is 1.27 bits per heavy atom. The summed E-state index contributed by atoms with van der Waals surface area (Å²) in [5.74, 6) is 0.0181. The molecule has 1 unspecified atom stereocenters. The molecule has 0 bridgehead atoms. The molecule has 0 radical (unpaired) electrons. The first-order chi connectivity index (χ1) is 10.6. The normalized spacial score (nSPS) is 23.4. The van der Waals surface area contributed by atoms with Crippen molar-refractivity contribution < 1.29 is 4.79 Å². The van der Waals surface area contributed by atoms with Crippen molar-refractivity contribution in [1.82, 2.24) is 19.7 Å². The Labute approximate surface area is 129 Å². The Balaban J connectivity index is 1.62. The lowest BCUT2D eigenvalue weighted by Gasteiger charge is -2.24. The highest BCUT2D eigenvalue weighted by Crippen LogP contribution is 2.44. The summed E-state index contributed by atoms with van der Waals surface area (Å²) < 4.78 is 1.67. The largest absolute Gasteiger partial charge is 0.372 e. The number of carbonyl (C=O) groups is 1. The van der Waals surface area contributed by atoms with Gasteiger partial charge in [0.15, 0.2) is 0 Å². The molecule has 0 N–H and O–H groups in total. The number of likely N-dealkylation sites (tertiary alicyclic amines) is 1. The molecule has 6 nitrogen and oxygen atoms in total. The number of pyridine rings is 1. The molecule has 1 spiro atoms. The van der Waals surface area contributed by atoms with Gasteiger partial charge in [0.05, 0.1) is 16.8 Å². The molecule has 0 saturated carbocycles. The van der Waals surface area contributed by atoms with Crippen LogP contribution in [0, 0.1) is 0 Å². The van der Waals surface area contributed by atoms with Crippen LogP contribution < -0.4 is 4.90 Å². The van der Waals surface area contributed by atoms with Crippen LogP contribution in [0.25, 0.3) is 0 Å². The number of hydrogen-bond donors (Lipinski definition) is 0. The van der Waals surface area contributed by atoms with E-state index in [-0.39, 0.29) is 11.3 Å². The summed E-state index contributed by atoms with van der Waals surface area (Å²) >= 11 is 0. The van der Waals surface area contributed by atoms with E-state index in [9.17, 15) is 4.79 Å². The summed E-state index contributed by atoms with van der Waals surface area (Å²) in [6.07, 6.45) is 4.61. The van der Waals surface area contributed by atoms with Gasteiger partial charge in [-0.05, 0) is 24.6 Å². The van der Waals surface area contributed by atoms with Gasteiger partial charge >= 0.3 is 0 Å². The second-order valence-electron chi connectivity index (χ2n) is 6.36. The number of rotatable bonds is 1. The van der Waals surface area contributed by atoms with E-state index in [1.807, 2.05) is 24.2 Å². The van der Waals surface area contributed by atoms with Crippen LogP contribution in [0.3, 0.4) is 0 Å². The lowest BCUT2D eigenvalue weighted by Crippen LogP contribution is -2.37. The van der Waals surface area contributed by atoms with Crippen LogP contribution in [-0.4, -0.2) is 52.3 Å². The van der Waals surface area contributed by atoms with Gasteiger partial charge in [-0.25, -0.2) is 0 Å². The summed E-state index contributed by atoms with van der Waals surface area (Å²) in [6.45, 7) is 2.40. The highest BCUT2D eigenvalue weighted by Gasteiger charge is 2.48. The maximum Gasteiger partial charge on any atom is 0.274 e. The zero-order valence-electron chi connectivity index (χ0n) is 12.9. The SMILES string of the molecule is CN1CC2(CCN(C(=O)c3ccn(C)n3)C2)c2ncccc21. The number of likely N-dealkylation sites (N-methyl/N-ethyl adjacent to an activating group) is 1. The van der Waals surface area contributed by atoms with Crippen LogP contribution in [0.4, 0.5) is 5.69 Å². The molecular weight excluding hydrogens is 278 g/mol. The van der Waals surface area contributed by atoms with Gasteiger partial charge in [0.2, 0.25) is 0 Å². The van der Waals surface area contributed by atoms with Gasteiger partial charge in [-0.15, -0.1) is 0 Å². The van der Waals surface area contributed by atoms with Crippen LogP contribution in [0.15, 0.2) is 30.6 Å². The van der Waals surface area contributed by atoms with Gasteiger partial charge in [-0.2, -0.15) is 5.10 Å². The van der Waals surface area contributed by atoms with Crippen molar-refractivity contribution in [3.05, 3.63) is 42.0 Å². The highest BCUT2D eigenvalue weighted by atomic mass is 16.2. The minimum absolute atomic E-state index is 0.0181. The average molecular weight is 297 g/mol. The smallest absolute Gasteiger partial charge is 0.274 e. The number of amides is 1. The van der Waals surface area contributed by atoms with Crippen molar-refractivity contribution in [2.45, 2.75) is 11.8 Å². The predicted molar refractivity (Wildman–Crippen MR) is 82.9 cm³/mol. The molecule has 2 aromatic heterocycles. The van der Waals surface area contributed by atoms with Crippen molar-refractivity contribution >= 4 is 11.6 Å². The fraction of sp³-hybridized carbons (Fsp3) is 0.438. The van der Waals surface area contributed by atoms with Crippen LogP contribution >= 0.6 is 0 Å². The highest BCUT2D eigenvalue weighted by molar-refractivity contribution is 5.92. The van der Waals surface area contributed by atoms with Gasteiger partial charge in [-0.3, -0.25) is 14.5 Å². The number of hydrogen-bond acceptors (Lipinski definition) is 4. The van der Waals surface area contributed by atoms with E-state index in [2.05, 4.69) is 28.1 Å². The summed E-state index contributed by atoms with van der Waals surface area (Å²) in [5.41, 5.74) is 2.81. The second kappa shape index (κ2) is 4.56. The molecule has 6 heteroatoms. The monoisotopic (exact) mass is 297 g/mol. The van der Waals surface area contributed by atoms with Gasteiger partial charge in [-0.1, -0.05) is 0 Å². The van der Waals surface area contributed by atoms with Crippen LogP contribution in [0.1, 0.15) is 22.6 Å². The topological polar surface area (TPSA) is 54.3 Å². The van der Waals surface area contributed by atoms with Gasteiger partial charge in [0, 0.05) is 46.1 Å². The number of anilines is 1. The fourth-order valence-corrected chi connectivity index (χ4v) is 3.79. The molecule has 2 aliphatic rings. The van der Waals surface area contributed by atoms with Crippen molar-refractivity contribution in [1.29, 1.82) is 0 Å². The first kappa shape index (κ1) is 13.3.